The van der Waals surface area contributed by atoms with Gasteiger partial charge in [0.2, 0.25) is 5.91 Å². The van der Waals surface area contributed by atoms with E-state index in [1.165, 1.54) is 11.1 Å². The van der Waals surface area contributed by atoms with E-state index in [-0.39, 0.29) is 5.91 Å². The van der Waals surface area contributed by atoms with Crippen molar-refractivity contribution in [2.45, 2.75) is 32.2 Å². The van der Waals surface area contributed by atoms with Crippen LogP contribution in [0.1, 0.15) is 25.0 Å². The van der Waals surface area contributed by atoms with E-state index in [4.69, 9.17) is 0 Å². The molecule has 0 aliphatic carbocycles. The fourth-order valence-electron chi connectivity index (χ4n) is 2.28. The zero-order valence-corrected chi connectivity index (χ0v) is 13.6. The first-order chi connectivity index (χ1) is 10.1. The van der Waals surface area contributed by atoms with Gasteiger partial charge in [0.05, 0.1) is 12.2 Å². The maximum Gasteiger partial charge on any atom is 0.224 e. The molecule has 0 saturated carbocycles. The third kappa shape index (κ3) is 3.88. The summed E-state index contributed by atoms with van der Waals surface area (Å²) >= 11 is 1.77. The quantitative estimate of drug-likeness (QED) is 0.748. The standard InChI is InChI=1S/C18H21NOS/c1-4-21-18-12-8-7-11-17(18)19(15(3)20)13-16-10-6-5-9-14(16)2/h5-12H,4,13H2,1-3H3. The number of thioether (sulfide) groups is 1. The Morgan fingerprint density at radius 1 is 1.10 bits per heavy atom. The third-order valence-electron chi connectivity index (χ3n) is 3.43. The zero-order chi connectivity index (χ0) is 15.2. The molecule has 0 atom stereocenters. The molecule has 0 unspecified atom stereocenters. The van der Waals surface area contributed by atoms with Crippen LogP contribution in [0.5, 0.6) is 0 Å². The molecule has 0 fully saturated rings. The lowest BCUT2D eigenvalue weighted by Gasteiger charge is -2.24. The second-order valence-electron chi connectivity index (χ2n) is 4.93. The molecule has 0 radical (unpaired) electrons. The van der Waals surface area contributed by atoms with Gasteiger partial charge in [0.25, 0.3) is 0 Å². The Bertz CT molecular complexity index is 624. The number of hydrogen-bond acceptors (Lipinski definition) is 2. The average molecular weight is 299 g/mol. The predicted molar refractivity (Wildman–Crippen MR) is 90.9 cm³/mol. The van der Waals surface area contributed by atoms with Crippen molar-refractivity contribution in [2.75, 3.05) is 10.7 Å². The summed E-state index contributed by atoms with van der Waals surface area (Å²) in [5.74, 6) is 1.06. The minimum Gasteiger partial charge on any atom is -0.307 e. The summed E-state index contributed by atoms with van der Waals surface area (Å²) in [6.45, 7) is 6.45. The van der Waals surface area contributed by atoms with Crippen LogP contribution in [0.4, 0.5) is 5.69 Å². The highest BCUT2D eigenvalue weighted by atomic mass is 32.2. The number of hydrogen-bond donors (Lipinski definition) is 0. The monoisotopic (exact) mass is 299 g/mol. The molecule has 1 amide bonds. The first-order valence-electron chi connectivity index (χ1n) is 7.18. The first-order valence-corrected chi connectivity index (χ1v) is 8.16. The predicted octanol–water partition coefficient (Wildman–Crippen LogP) is 4.66. The Balaban J connectivity index is 2.36. The summed E-state index contributed by atoms with van der Waals surface area (Å²) in [5.41, 5.74) is 3.40. The van der Waals surface area contributed by atoms with Crippen LogP contribution >= 0.6 is 11.8 Å². The Hall–Kier alpha value is -1.74. The largest absolute Gasteiger partial charge is 0.307 e. The van der Waals surface area contributed by atoms with E-state index in [0.29, 0.717) is 6.54 Å². The lowest BCUT2D eigenvalue weighted by molar-refractivity contribution is -0.116. The summed E-state index contributed by atoms with van der Waals surface area (Å²) < 4.78 is 0. The van der Waals surface area contributed by atoms with Crippen LogP contribution in [-0.4, -0.2) is 11.7 Å². The highest BCUT2D eigenvalue weighted by molar-refractivity contribution is 7.99. The van der Waals surface area contributed by atoms with Crippen molar-refractivity contribution in [3.63, 3.8) is 0 Å². The fraction of sp³-hybridized carbons (Fsp3) is 0.278. The molecule has 0 aliphatic rings. The molecule has 0 bridgehead atoms. The van der Waals surface area contributed by atoms with E-state index in [0.717, 1.165) is 16.3 Å². The number of nitrogens with zero attached hydrogens (tertiary/aromatic N) is 1. The number of rotatable bonds is 5. The van der Waals surface area contributed by atoms with Gasteiger partial charge in [0, 0.05) is 11.8 Å². The Morgan fingerprint density at radius 3 is 2.43 bits per heavy atom. The number of amides is 1. The minimum atomic E-state index is 0.0717. The molecule has 0 heterocycles. The van der Waals surface area contributed by atoms with E-state index in [1.54, 1.807) is 18.7 Å². The molecule has 3 heteroatoms. The van der Waals surface area contributed by atoms with E-state index >= 15 is 0 Å². The van der Waals surface area contributed by atoms with Crippen LogP contribution in [0, 0.1) is 6.92 Å². The van der Waals surface area contributed by atoms with E-state index in [2.05, 4.69) is 32.0 Å². The molecule has 110 valence electrons. The first kappa shape index (κ1) is 15.6. The fourth-order valence-corrected chi connectivity index (χ4v) is 3.09. The smallest absolute Gasteiger partial charge is 0.224 e. The molecule has 0 N–H and O–H groups in total. The van der Waals surface area contributed by atoms with Crippen molar-refractivity contribution in [2.24, 2.45) is 0 Å². The van der Waals surface area contributed by atoms with Gasteiger partial charge in [-0.25, -0.2) is 0 Å². The van der Waals surface area contributed by atoms with Crippen LogP contribution < -0.4 is 4.90 Å². The molecule has 0 aromatic heterocycles. The van der Waals surface area contributed by atoms with Crippen molar-refractivity contribution in [1.82, 2.24) is 0 Å². The number of carbonyl (C=O) groups excluding carboxylic acids is 1. The van der Waals surface area contributed by atoms with Gasteiger partial charge in [-0.15, -0.1) is 11.8 Å². The summed E-state index contributed by atoms with van der Waals surface area (Å²) in [5, 5.41) is 0. The van der Waals surface area contributed by atoms with E-state index in [1.807, 2.05) is 35.2 Å². The van der Waals surface area contributed by atoms with Gasteiger partial charge in [-0.2, -0.15) is 0 Å². The van der Waals surface area contributed by atoms with Crippen molar-refractivity contribution < 1.29 is 4.79 Å². The minimum absolute atomic E-state index is 0.0717. The molecular formula is C18H21NOS. The summed E-state index contributed by atoms with van der Waals surface area (Å²) in [7, 11) is 0. The van der Waals surface area contributed by atoms with Crippen molar-refractivity contribution in [1.29, 1.82) is 0 Å². The summed E-state index contributed by atoms with van der Waals surface area (Å²) in [6.07, 6.45) is 0. The molecule has 0 aliphatic heterocycles. The number of carbonyl (C=O) groups is 1. The number of anilines is 1. The average Bonchev–Trinajstić information content (AvgIpc) is 2.47. The van der Waals surface area contributed by atoms with Crippen LogP contribution in [0.3, 0.4) is 0 Å². The van der Waals surface area contributed by atoms with Crippen molar-refractivity contribution >= 4 is 23.4 Å². The third-order valence-corrected chi connectivity index (χ3v) is 4.37. The van der Waals surface area contributed by atoms with Gasteiger partial charge in [0.15, 0.2) is 0 Å². The normalized spacial score (nSPS) is 10.4. The van der Waals surface area contributed by atoms with Gasteiger partial charge in [-0.1, -0.05) is 43.3 Å². The van der Waals surface area contributed by atoms with Gasteiger partial charge in [-0.05, 0) is 35.9 Å². The number of benzene rings is 2. The van der Waals surface area contributed by atoms with Crippen molar-refractivity contribution in [3.8, 4) is 0 Å². The van der Waals surface area contributed by atoms with Crippen LogP contribution in [0.15, 0.2) is 53.4 Å². The van der Waals surface area contributed by atoms with Gasteiger partial charge < -0.3 is 4.90 Å². The second-order valence-corrected chi connectivity index (χ2v) is 6.24. The van der Waals surface area contributed by atoms with Crippen LogP contribution in [0.25, 0.3) is 0 Å². The molecule has 21 heavy (non-hydrogen) atoms. The molecule has 0 spiro atoms. The summed E-state index contributed by atoms with van der Waals surface area (Å²) in [6, 6.07) is 16.3. The lowest BCUT2D eigenvalue weighted by atomic mass is 10.1. The zero-order valence-electron chi connectivity index (χ0n) is 12.8. The van der Waals surface area contributed by atoms with Gasteiger partial charge in [0.1, 0.15) is 0 Å². The van der Waals surface area contributed by atoms with Crippen LogP contribution in [-0.2, 0) is 11.3 Å². The van der Waals surface area contributed by atoms with Gasteiger partial charge >= 0.3 is 0 Å². The maximum atomic E-state index is 12.1. The van der Waals surface area contributed by atoms with E-state index < -0.39 is 0 Å². The molecule has 2 nitrogen and oxygen atoms in total. The van der Waals surface area contributed by atoms with E-state index in [9.17, 15) is 4.79 Å². The lowest BCUT2D eigenvalue weighted by Crippen LogP contribution is -2.28. The molecule has 2 aromatic rings. The van der Waals surface area contributed by atoms with Crippen LogP contribution in [0.2, 0.25) is 0 Å². The Kier molecular flexibility index (Phi) is 5.45. The molecule has 2 aromatic carbocycles. The molecule has 0 saturated heterocycles. The van der Waals surface area contributed by atoms with Crippen molar-refractivity contribution in [3.05, 3.63) is 59.7 Å². The highest BCUT2D eigenvalue weighted by Gasteiger charge is 2.16. The second kappa shape index (κ2) is 7.32. The molecule has 2 rings (SSSR count). The Morgan fingerprint density at radius 2 is 1.76 bits per heavy atom. The summed E-state index contributed by atoms with van der Waals surface area (Å²) in [4.78, 5) is 15.2. The SMILES string of the molecule is CCSc1ccccc1N(Cc1ccccc1C)C(C)=O. The topological polar surface area (TPSA) is 20.3 Å². The number of para-hydroxylation sites is 1. The molecular weight excluding hydrogens is 278 g/mol. The highest BCUT2D eigenvalue weighted by Crippen LogP contribution is 2.31. The maximum absolute atomic E-state index is 12.1. The Labute approximate surface area is 131 Å². The van der Waals surface area contributed by atoms with Gasteiger partial charge in [-0.3, -0.25) is 4.79 Å². The number of aryl methyl sites for hydroxylation is 1.